The SMILES string of the molecule is CCCC[P+](O)(OC)OCC[Si](C)(O)O. The maximum Gasteiger partial charge on any atom is 0.408 e. The summed E-state index contributed by atoms with van der Waals surface area (Å²) in [6.07, 6.45) is 2.29. The van der Waals surface area contributed by atoms with Crippen LogP contribution < -0.4 is 0 Å². The first-order valence-corrected chi connectivity index (χ1v) is 9.45. The number of hydrogen-bond donors (Lipinski definition) is 3. The third-order valence-electron chi connectivity index (χ3n) is 1.95. The van der Waals surface area contributed by atoms with E-state index in [9.17, 15) is 4.89 Å². The molecule has 0 aliphatic heterocycles. The summed E-state index contributed by atoms with van der Waals surface area (Å²) >= 11 is 0. The van der Waals surface area contributed by atoms with Crippen LogP contribution in [0.3, 0.4) is 0 Å². The minimum atomic E-state index is -3.07. The Morgan fingerprint density at radius 3 is 2.33 bits per heavy atom. The average molecular weight is 257 g/mol. The number of rotatable bonds is 8. The summed E-state index contributed by atoms with van der Waals surface area (Å²) in [5.41, 5.74) is 0. The summed E-state index contributed by atoms with van der Waals surface area (Å²) in [6.45, 7) is 3.57. The van der Waals surface area contributed by atoms with Crippen molar-refractivity contribution in [2.24, 2.45) is 0 Å². The van der Waals surface area contributed by atoms with Gasteiger partial charge < -0.3 is 9.59 Å². The van der Waals surface area contributed by atoms with Crippen LogP contribution in [0.2, 0.25) is 12.6 Å². The van der Waals surface area contributed by atoms with Crippen molar-refractivity contribution >= 4 is 16.5 Å². The van der Waals surface area contributed by atoms with Crippen LogP contribution >= 0.6 is 7.94 Å². The summed E-state index contributed by atoms with van der Waals surface area (Å²) in [6, 6.07) is 0.185. The van der Waals surface area contributed by atoms with Gasteiger partial charge in [-0.2, -0.15) is 13.9 Å². The fraction of sp³-hybridized carbons (Fsp3) is 1.00. The zero-order chi connectivity index (χ0) is 11.9. The largest absolute Gasteiger partial charge is 0.411 e. The molecule has 0 saturated carbocycles. The fourth-order valence-corrected chi connectivity index (χ4v) is 3.12. The highest BCUT2D eigenvalue weighted by Gasteiger charge is 2.39. The van der Waals surface area contributed by atoms with Crippen LogP contribution in [0.1, 0.15) is 19.8 Å². The molecule has 92 valence electrons. The van der Waals surface area contributed by atoms with Crippen LogP contribution in [0.15, 0.2) is 0 Å². The smallest absolute Gasteiger partial charge is 0.408 e. The van der Waals surface area contributed by atoms with Crippen molar-refractivity contribution in [2.45, 2.75) is 32.4 Å². The summed E-state index contributed by atoms with van der Waals surface area (Å²) in [7, 11) is -4.41. The van der Waals surface area contributed by atoms with E-state index in [2.05, 4.69) is 0 Å². The highest BCUT2D eigenvalue weighted by Crippen LogP contribution is 2.56. The number of unbranched alkanes of at least 4 members (excludes halogenated alkanes) is 1. The monoisotopic (exact) mass is 257 g/mol. The molecule has 0 aromatic rings. The maximum absolute atomic E-state index is 9.87. The average Bonchev–Trinajstić information content (AvgIpc) is 2.13. The molecule has 0 bridgehead atoms. The Hall–Kier alpha value is 0.447. The van der Waals surface area contributed by atoms with Gasteiger partial charge in [-0.1, -0.05) is 13.3 Å². The van der Waals surface area contributed by atoms with Gasteiger partial charge in [0.15, 0.2) is 0 Å². The van der Waals surface area contributed by atoms with Crippen LogP contribution in [0.25, 0.3) is 0 Å². The van der Waals surface area contributed by atoms with Gasteiger partial charge in [0.05, 0.1) is 13.7 Å². The van der Waals surface area contributed by atoms with Gasteiger partial charge in [0.1, 0.15) is 6.16 Å². The first kappa shape index (κ1) is 15.4. The molecule has 1 atom stereocenters. The Kier molecular flexibility index (Phi) is 7.11. The normalized spacial score (nSPS) is 16.4. The molecular weight excluding hydrogens is 235 g/mol. The molecule has 0 aliphatic rings. The Balaban J connectivity index is 3.87. The van der Waals surface area contributed by atoms with Crippen LogP contribution in [0.5, 0.6) is 0 Å². The maximum atomic E-state index is 9.87. The Morgan fingerprint density at radius 1 is 1.33 bits per heavy atom. The molecule has 0 heterocycles. The molecule has 1 unspecified atom stereocenters. The van der Waals surface area contributed by atoms with E-state index in [0.29, 0.717) is 6.16 Å². The first-order valence-electron chi connectivity index (χ1n) is 5.09. The van der Waals surface area contributed by atoms with Crippen molar-refractivity contribution in [1.29, 1.82) is 0 Å². The summed E-state index contributed by atoms with van der Waals surface area (Å²) < 4.78 is 10.2. The minimum Gasteiger partial charge on any atom is -0.411 e. The van der Waals surface area contributed by atoms with Gasteiger partial charge in [-0.05, 0) is 13.0 Å². The molecule has 15 heavy (non-hydrogen) atoms. The van der Waals surface area contributed by atoms with Gasteiger partial charge in [0.25, 0.3) is 0 Å². The predicted octanol–water partition coefficient (Wildman–Crippen LogP) is 1.26. The van der Waals surface area contributed by atoms with Crippen molar-refractivity contribution < 1.29 is 23.5 Å². The lowest BCUT2D eigenvalue weighted by molar-refractivity contribution is 0.206. The van der Waals surface area contributed by atoms with Crippen LogP contribution in [0, 0.1) is 0 Å². The lowest BCUT2D eigenvalue weighted by atomic mass is 10.4. The van der Waals surface area contributed by atoms with E-state index >= 15 is 0 Å². The van der Waals surface area contributed by atoms with E-state index in [1.165, 1.54) is 13.7 Å². The summed E-state index contributed by atoms with van der Waals surface area (Å²) in [4.78, 5) is 28.2. The zero-order valence-corrected chi connectivity index (χ0v) is 11.5. The highest BCUT2D eigenvalue weighted by molar-refractivity contribution is 7.60. The molecule has 7 heteroatoms. The molecule has 0 amide bonds. The van der Waals surface area contributed by atoms with Crippen LogP contribution in [0.4, 0.5) is 0 Å². The van der Waals surface area contributed by atoms with E-state index in [0.717, 1.165) is 12.8 Å². The van der Waals surface area contributed by atoms with Crippen molar-refractivity contribution in [3.05, 3.63) is 0 Å². The van der Waals surface area contributed by atoms with Crippen molar-refractivity contribution in [3.8, 4) is 0 Å². The molecule has 0 aromatic carbocycles. The second-order valence-corrected chi connectivity index (χ2v) is 8.98. The molecule has 3 N–H and O–H groups in total. The molecule has 0 saturated heterocycles. The van der Waals surface area contributed by atoms with Gasteiger partial charge in [0, 0.05) is 6.04 Å². The Morgan fingerprint density at radius 2 is 1.93 bits per heavy atom. The molecule has 0 spiro atoms. The summed E-state index contributed by atoms with van der Waals surface area (Å²) in [5, 5.41) is 0. The molecular formula is C8H22O5PSi+. The van der Waals surface area contributed by atoms with Gasteiger partial charge >= 0.3 is 16.5 Å². The van der Waals surface area contributed by atoms with E-state index in [4.69, 9.17) is 18.6 Å². The lowest BCUT2D eigenvalue weighted by Crippen LogP contribution is -2.31. The Labute approximate surface area is 92.9 Å². The summed E-state index contributed by atoms with van der Waals surface area (Å²) in [5.74, 6) is 0. The molecule has 0 fully saturated rings. The molecule has 0 aromatic heterocycles. The number of hydrogen-bond acceptors (Lipinski definition) is 5. The lowest BCUT2D eigenvalue weighted by Gasteiger charge is -2.16. The van der Waals surface area contributed by atoms with E-state index < -0.39 is 16.5 Å². The second-order valence-electron chi connectivity index (χ2n) is 3.70. The second kappa shape index (κ2) is 6.91. The zero-order valence-electron chi connectivity index (χ0n) is 9.64. The fourth-order valence-electron chi connectivity index (χ4n) is 0.948. The topological polar surface area (TPSA) is 79.2 Å². The quantitative estimate of drug-likeness (QED) is 0.450. The molecule has 0 aliphatic carbocycles. The van der Waals surface area contributed by atoms with E-state index in [1.54, 1.807) is 0 Å². The first-order chi connectivity index (χ1) is 6.83. The van der Waals surface area contributed by atoms with Gasteiger partial charge in [-0.15, -0.1) is 0 Å². The minimum absolute atomic E-state index is 0.136. The molecule has 0 radical (unpaired) electrons. The van der Waals surface area contributed by atoms with Crippen molar-refractivity contribution in [2.75, 3.05) is 19.9 Å². The standard InChI is InChI=1S/C8H22O5PSi/c1-4-5-7-14(9,12-2)13-6-8-15(3,10)11/h9-11H,4-8H2,1-3H3/q+1. The van der Waals surface area contributed by atoms with E-state index in [1.807, 2.05) is 6.92 Å². The predicted molar refractivity (Wildman–Crippen MR) is 62.7 cm³/mol. The third-order valence-corrected chi connectivity index (χ3v) is 5.14. The van der Waals surface area contributed by atoms with E-state index in [-0.39, 0.29) is 12.7 Å². The molecule has 5 nitrogen and oxygen atoms in total. The third kappa shape index (κ3) is 8.27. The van der Waals surface area contributed by atoms with Gasteiger partial charge in [-0.25, -0.2) is 0 Å². The van der Waals surface area contributed by atoms with Crippen LogP contribution in [-0.4, -0.2) is 42.9 Å². The Bertz CT molecular complexity index is 175. The van der Waals surface area contributed by atoms with Crippen molar-refractivity contribution in [1.82, 2.24) is 0 Å². The van der Waals surface area contributed by atoms with Crippen molar-refractivity contribution in [3.63, 3.8) is 0 Å². The molecule has 0 rings (SSSR count). The van der Waals surface area contributed by atoms with Gasteiger partial charge in [-0.3, -0.25) is 0 Å². The highest BCUT2D eigenvalue weighted by atomic mass is 31.2. The van der Waals surface area contributed by atoms with Crippen LogP contribution in [-0.2, 0) is 9.05 Å². The van der Waals surface area contributed by atoms with Gasteiger partial charge in [0.2, 0.25) is 0 Å².